The molecule has 2 aliphatic rings. The number of sulfonamides is 1. The lowest BCUT2D eigenvalue weighted by Gasteiger charge is -2.30. The number of carbonyl (C=O) groups excluding carboxylic acids is 1. The van der Waals surface area contributed by atoms with Gasteiger partial charge in [-0.1, -0.05) is 6.92 Å². The van der Waals surface area contributed by atoms with Gasteiger partial charge < -0.3 is 9.64 Å². The Morgan fingerprint density at radius 3 is 2.35 bits per heavy atom. The van der Waals surface area contributed by atoms with E-state index in [2.05, 4.69) is 11.6 Å². The molecular weight excluding hydrogens is 352 g/mol. The molecule has 26 heavy (non-hydrogen) atoms. The van der Waals surface area contributed by atoms with Gasteiger partial charge in [0, 0.05) is 13.1 Å². The van der Waals surface area contributed by atoms with Gasteiger partial charge in [0.1, 0.15) is 5.75 Å². The summed E-state index contributed by atoms with van der Waals surface area (Å²) in [7, 11) is -3.70. The minimum Gasteiger partial charge on any atom is -0.490 e. The zero-order chi connectivity index (χ0) is 18.6. The highest BCUT2D eigenvalue weighted by Crippen LogP contribution is 2.25. The van der Waals surface area contributed by atoms with Crippen LogP contribution in [0.4, 0.5) is 0 Å². The van der Waals surface area contributed by atoms with Crippen molar-refractivity contribution in [3.05, 3.63) is 24.3 Å². The zero-order valence-corrected chi connectivity index (χ0v) is 16.1. The van der Waals surface area contributed by atoms with Gasteiger partial charge in [0.15, 0.2) is 0 Å². The maximum atomic E-state index is 12.4. The van der Waals surface area contributed by atoms with E-state index in [1.165, 1.54) is 25.0 Å². The van der Waals surface area contributed by atoms with Crippen molar-refractivity contribution in [2.75, 3.05) is 19.6 Å². The molecule has 1 saturated heterocycles. The molecule has 0 aromatic heterocycles. The number of rotatable bonds is 6. The number of nitrogens with one attached hydrogen (secondary N) is 1. The molecule has 1 aromatic carbocycles. The molecule has 1 aromatic rings. The number of hydrogen-bond donors (Lipinski definition) is 1. The van der Waals surface area contributed by atoms with Crippen LogP contribution >= 0.6 is 0 Å². The first kappa shape index (κ1) is 19.2. The van der Waals surface area contributed by atoms with Crippen molar-refractivity contribution >= 4 is 15.9 Å². The molecule has 1 saturated carbocycles. The Kier molecular flexibility index (Phi) is 6.19. The number of hydrogen-bond acceptors (Lipinski definition) is 4. The van der Waals surface area contributed by atoms with E-state index in [4.69, 9.17) is 4.74 Å². The molecule has 3 rings (SSSR count). The molecule has 0 unspecified atom stereocenters. The van der Waals surface area contributed by atoms with Crippen molar-refractivity contribution in [3.8, 4) is 5.75 Å². The van der Waals surface area contributed by atoms with Gasteiger partial charge in [-0.15, -0.1) is 0 Å². The fraction of sp³-hybridized carbons (Fsp3) is 0.632. The molecule has 1 aliphatic carbocycles. The number of carbonyl (C=O) groups is 1. The number of piperidine rings is 1. The Balaban J connectivity index is 1.53. The van der Waals surface area contributed by atoms with Gasteiger partial charge in [0.05, 0.1) is 17.5 Å². The van der Waals surface area contributed by atoms with E-state index < -0.39 is 10.0 Å². The van der Waals surface area contributed by atoms with Crippen molar-refractivity contribution in [1.82, 2.24) is 9.62 Å². The summed E-state index contributed by atoms with van der Waals surface area (Å²) in [6, 6.07) is 6.42. The van der Waals surface area contributed by atoms with E-state index in [1.54, 1.807) is 17.0 Å². The molecule has 0 atom stereocenters. The highest BCUT2D eigenvalue weighted by atomic mass is 32.2. The first-order valence-electron chi connectivity index (χ1n) is 9.48. The van der Waals surface area contributed by atoms with Crippen LogP contribution in [0.2, 0.25) is 0 Å². The molecule has 7 heteroatoms. The summed E-state index contributed by atoms with van der Waals surface area (Å²) in [5, 5.41) is 0. The second-order valence-electron chi connectivity index (χ2n) is 7.38. The summed E-state index contributed by atoms with van der Waals surface area (Å²) in [5.41, 5.74) is 0. The fourth-order valence-electron chi connectivity index (χ4n) is 3.51. The number of benzene rings is 1. The Morgan fingerprint density at radius 1 is 1.12 bits per heavy atom. The summed E-state index contributed by atoms with van der Waals surface area (Å²) in [6.07, 6.45) is 6.66. The van der Waals surface area contributed by atoms with Crippen LogP contribution < -0.4 is 9.46 Å². The monoisotopic (exact) mass is 380 g/mol. The second kappa shape index (κ2) is 8.39. The van der Waals surface area contributed by atoms with Crippen molar-refractivity contribution in [2.45, 2.75) is 56.4 Å². The van der Waals surface area contributed by atoms with Crippen molar-refractivity contribution in [3.63, 3.8) is 0 Å². The van der Waals surface area contributed by atoms with Gasteiger partial charge in [-0.25, -0.2) is 13.1 Å². The number of nitrogens with zero attached hydrogens (tertiary/aromatic N) is 1. The standard InChI is InChI=1S/C19H28N2O4S/c1-15-10-12-21(13-11-15)19(22)14-20-26(23,24)18-8-6-17(7-9-18)25-16-4-2-3-5-16/h6-9,15-16,20H,2-5,10-14H2,1H3. The Hall–Kier alpha value is -1.60. The highest BCUT2D eigenvalue weighted by molar-refractivity contribution is 7.89. The summed E-state index contributed by atoms with van der Waals surface area (Å²) >= 11 is 0. The molecule has 2 fully saturated rings. The third kappa shape index (κ3) is 4.98. The van der Waals surface area contributed by atoms with Crippen molar-refractivity contribution in [2.24, 2.45) is 5.92 Å². The van der Waals surface area contributed by atoms with Gasteiger partial charge >= 0.3 is 0 Å². The highest BCUT2D eigenvalue weighted by Gasteiger charge is 2.23. The minimum atomic E-state index is -3.70. The van der Waals surface area contributed by atoms with E-state index in [0.29, 0.717) is 24.8 Å². The Labute approximate surface area is 156 Å². The van der Waals surface area contributed by atoms with Crippen LogP contribution in [0.15, 0.2) is 29.2 Å². The fourth-order valence-corrected chi connectivity index (χ4v) is 4.48. The van der Waals surface area contributed by atoms with E-state index in [-0.39, 0.29) is 23.5 Å². The largest absolute Gasteiger partial charge is 0.490 e. The quantitative estimate of drug-likeness (QED) is 0.823. The second-order valence-corrected chi connectivity index (χ2v) is 9.15. The summed E-state index contributed by atoms with van der Waals surface area (Å²) in [4.78, 5) is 14.1. The van der Waals surface area contributed by atoms with Crippen LogP contribution in [-0.4, -0.2) is 45.0 Å². The lowest BCUT2D eigenvalue weighted by atomic mass is 9.99. The molecule has 1 heterocycles. The van der Waals surface area contributed by atoms with E-state index >= 15 is 0 Å². The predicted molar refractivity (Wildman–Crippen MR) is 99.5 cm³/mol. The SMILES string of the molecule is CC1CCN(C(=O)CNS(=O)(=O)c2ccc(OC3CCCC3)cc2)CC1. The molecule has 144 valence electrons. The molecule has 1 aliphatic heterocycles. The smallest absolute Gasteiger partial charge is 0.241 e. The van der Waals surface area contributed by atoms with Crippen LogP contribution in [0, 0.1) is 5.92 Å². The maximum Gasteiger partial charge on any atom is 0.241 e. The summed E-state index contributed by atoms with van der Waals surface area (Å²) < 4.78 is 33.1. The molecule has 0 radical (unpaired) electrons. The summed E-state index contributed by atoms with van der Waals surface area (Å²) in [5.74, 6) is 1.15. The molecule has 0 spiro atoms. The molecular formula is C19H28N2O4S. The molecule has 1 amide bonds. The molecule has 6 nitrogen and oxygen atoms in total. The maximum absolute atomic E-state index is 12.4. The Bertz CT molecular complexity index is 704. The predicted octanol–water partition coefficient (Wildman–Crippen LogP) is 2.54. The van der Waals surface area contributed by atoms with Gasteiger partial charge in [-0.2, -0.15) is 0 Å². The van der Waals surface area contributed by atoms with E-state index in [1.807, 2.05) is 0 Å². The molecule has 0 bridgehead atoms. The van der Waals surface area contributed by atoms with Crippen LogP contribution in [0.3, 0.4) is 0 Å². The minimum absolute atomic E-state index is 0.149. The van der Waals surface area contributed by atoms with Crippen LogP contribution in [0.5, 0.6) is 5.75 Å². The number of ether oxygens (including phenoxy) is 1. The van der Waals surface area contributed by atoms with Crippen molar-refractivity contribution < 1.29 is 17.9 Å². The van der Waals surface area contributed by atoms with Crippen LogP contribution in [0.25, 0.3) is 0 Å². The van der Waals surface area contributed by atoms with Gasteiger partial charge in [0.2, 0.25) is 15.9 Å². The first-order valence-corrected chi connectivity index (χ1v) is 11.0. The van der Waals surface area contributed by atoms with Gasteiger partial charge in [-0.05, 0) is 68.7 Å². The third-order valence-electron chi connectivity index (χ3n) is 5.29. The van der Waals surface area contributed by atoms with Crippen LogP contribution in [0.1, 0.15) is 45.4 Å². The lowest BCUT2D eigenvalue weighted by Crippen LogP contribution is -2.43. The summed E-state index contributed by atoms with van der Waals surface area (Å²) in [6.45, 7) is 3.38. The first-order chi connectivity index (χ1) is 12.4. The van der Waals surface area contributed by atoms with Crippen molar-refractivity contribution in [1.29, 1.82) is 0 Å². The molecule has 1 N–H and O–H groups in total. The third-order valence-corrected chi connectivity index (χ3v) is 6.71. The van der Waals surface area contributed by atoms with Gasteiger partial charge in [-0.3, -0.25) is 4.79 Å². The normalized spacial score (nSPS) is 19.7. The zero-order valence-electron chi connectivity index (χ0n) is 15.3. The topological polar surface area (TPSA) is 75.7 Å². The van der Waals surface area contributed by atoms with E-state index in [0.717, 1.165) is 25.7 Å². The van der Waals surface area contributed by atoms with E-state index in [9.17, 15) is 13.2 Å². The number of amides is 1. The Morgan fingerprint density at radius 2 is 1.73 bits per heavy atom. The van der Waals surface area contributed by atoms with Gasteiger partial charge in [0.25, 0.3) is 0 Å². The van der Waals surface area contributed by atoms with Crippen LogP contribution in [-0.2, 0) is 14.8 Å². The number of likely N-dealkylation sites (tertiary alicyclic amines) is 1. The average Bonchev–Trinajstić information content (AvgIpc) is 3.14. The average molecular weight is 381 g/mol. The lowest BCUT2D eigenvalue weighted by molar-refractivity contribution is -0.131.